The van der Waals surface area contributed by atoms with Crippen LogP contribution in [0.25, 0.3) is 0 Å². The van der Waals surface area contributed by atoms with Crippen molar-refractivity contribution in [1.29, 1.82) is 0 Å². The van der Waals surface area contributed by atoms with Crippen LogP contribution in [0, 0.1) is 5.41 Å². The molecule has 0 aromatic carbocycles. The first kappa shape index (κ1) is 13.6. The largest absolute Gasteiger partial charge is 0.338 e. The van der Waals surface area contributed by atoms with Crippen LogP contribution in [0.4, 0.5) is 0 Å². The minimum absolute atomic E-state index is 0.0707. The van der Waals surface area contributed by atoms with E-state index in [0.29, 0.717) is 18.9 Å². The number of nitrogens with one attached hydrogen (secondary N) is 1. The molecule has 0 radical (unpaired) electrons. The molecule has 0 spiro atoms. The number of carbonyl (C=O) groups excluding carboxylic acids is 1. The number of hydrogen-bond acceptors (Lipinski definition) is 4. The second-order valence-electron chi connectivity index (χ2n) is 4.28. The number of carbonyl (C=O) groups is 1. The predicted octanol–water partition coefficient (Wildman–Crippen LogP) is 0.528. The van der Waals surface area contributed by atoms with Gasteiger partial charge in [0.25, 0.3) is 0 Å². The second kappa shape index (κ2) is 5.77. The van der Waals surface area contributed by atoms with Gasteiger partial charge < -0.3 is 10.6 Å². The number of nitrogens with two attached hydrogens (primary N) is 1. The predicted molar refractivity (Wildman–Crippen MR) is 64.9 cm³/mol. The van der Waals surface area contributed by atoms with Gasteiger partial charge >= 0.3 is 0 Å². The maximum atomic E-state index is 12.4. The Kier molecular flexibility index (Phi) is 4.62. The minimum atomic E-state index is -0.450. The Bertz CT molecular complexity index is 336. The quantitative estimate of drug-likeness (QED) is 0.758. The van der Waals surface area contributed by atoms with Crippen molar-refractivity contribution < 1.29 is 4.79 Å². The van der Waals surface area contributed by atoms with Crippen LogP contribution in [0.2, 0.25) is 0 Å². The van der Waals surface area contributed by atoms with Crippen molar-refractivity contribution in [2.75, 3.05) is 13.6 Å². The Morgan fingerprint density at radius 2 is 2.18 bits per heavy atom. The van der Waals surface area contributed by atoms with E-state index < -0.39 is 5.41 Å². The molecule has 1 amide bonds. The second-order valence-corrected chi connectivity index (χ2v) is 4.28. The van der Waals surface area contributed by atoms with Crippen LogP contribution in [0.1, 0.15) is 32.5 Å². The van der Waals surface area contributed by atoms with Gasteiger partial charge in [-0.2, -0.15) is 5.10 Å². The van der Waals surface area contributed by atoms with Gasteiger partial charge in [0, 0.05) is 13.6 Å². The molecule has 1 rings (SSSR count). The molecule has 0 fully saturated rings. The fourth-order valence-corrected chi connectivity index (χ4v) is 1.94. The number of nitrogens with zero attached hydrogens (tertiary/aromatic N) is 3. The van der Waals surface area contributed by atoms with E-state index >= 15 is 0 Å². The highest BCUT2D eigenvalue weighted by atomic mass is 16.2. The zero-order valence-corrected chi connectivity index (χ0v) is 10.7. The lowest BCUT2D eigenvalue weighted by molar-refractivity contribution is -0.141. The molecule has 0 unspecified atom stereocenters. The summed E-state index contributed by atoms with van der Waals surface area (Å²) in [6, 6.07) is 0. The van der Waals surface area contributed by atoms with Gasteiger partial charge in [0.05, 0.1) is 12.0 Å². The van der Waals surface area contributed by atoms with E-state index in [9.17, 15) is 4.79 Å². The van der Waals surface area contributed by atoms with Crippen LogP contribution in [0.15, 0.2) is 6.33 Å². The van der Waals surface area contributed by atoms with Gasteiger partial charge in [-0.25, -0.2) is 4.98 Å². The topological polar surface area (TPSA) is 87.9 Å². The lowest BCUT2D eigenvalue weighted by Crippen LogP contribution is -2.45. The van der Waals surface area contributed by atoms with E-state index in [1.165, 1.54) is 6.33 Å². The monoisotopic (exact) mass is 239 g/mol. The number of hydrogen-bond donors (Lipinski definition) is 2. The van der Waals surface area contributed by atoms with Crippen LogP contribution in [0.5, 0.6) is 0 Å². The van der Waals surface area contributed by atoms with E-state index in [2.05, 4.69) is 15.2 Å². The highest BCUT2D eigenvalue weighted by Crippen LogP contribution is 2.27. The van der Waals surface area contributed by atoms with Crippen molar-refractivity contribution >= 4 is 5.91 Å². The van der Waals surface area contributed by atoms with E-state index in [1.807, 2.05) is 13.8 Å². The summed E-state index contributed by atoms with van der Waals surface area (Å²) >= 11 is 0. The van der Waals surface area contributed by atoms with E-state index in [4.69, 9.17) is 5.73 Å². The number of aromatic nitrogens is 3. The molecule has 6 heteroatoms. The zero-order valence-electron chi connectivity index (χ0n) is 10.7. The van der Waals surface area contributed by atoms with Gasteiger partial charge in [0.15, 0.2) is 0 Å². The first-order valence-corrected chi connectivity index (χ1v) is 5.89. The summed E-state index contributed by atoms with van der Waals surface area (Å²) < 4.78 is 0. The number of aromatic amines is 1. The van der Waals surface area contributed by atoms with Crippen molar-refractivity contribution in [3.05, 3.63) is 12.2 Å². The van der Waals surface area contributed by atoms with Crippen molar-refractivity contribution in [2.45, 2.75) is 33.2 Å². The molecule has 1 aromatic heterocycles. The van der Waals surface area contributed by atoms with Gasteiger partial charge in [0.2, 0.25) is 5.91 Å². The van der Waals surface area contributed by atoms with Gasteiger partial charge in [-0.05, 0) is 12.8 Å². The van der Waals surface area contributed by atoms with Crippen molar-refractivity contribution in [1.82, 2.24) is 20.1 Å². The maximum absolute atomic E-state index is 12.4. The van der Waals surface area contributed by atoms with Gasteiger partial charge in [0.1, 0.15) is 12.2 Å². The standard InChI is InChI=1S/C11H21N5O/c1-4-11(5-2,7-12)10(17)16(3)6-9-13-8-14-15-9/h8H,4-7,12H2,1-3H3,(H,13,14,15). The zero-order chi connectivity index (χ0) is 12.9. The molecule has 17 heavy (non-hydrogen) atoms. The fourth-order valence-electron chi connectivity index (χ4n) is 1.94. The average Bonchev–Trinajstić information content (AvgIpc) is 2.84. The first-order valence-electron chi connectivity index (χ1n) is 5.89. The molecular weight excluding hydrogens is 218 g/mol. The Balaban J connectivity index is 2.74. The third kappa shape index (κ3) is 2.82. The van der Waals surface area contributed by atoms with E-state index in [0.717, 1.165) is 12.8 Å². The normalized spacial score (nSPS) is 11.5. The van der Waals surface area contributed by atoms with Crippen molar-refractivity contribution in [3.8, 4) is 0 Å². The SMILES string of the molecule is CCC(CC)(CN)C(=O)N(C)Cc1ncn[nH]1. The fraction of sp³-hybridized carbons (Fsp3) is 0.727. The Morgan fingerprint density at radius 3 is 2.59 bits per heavy atom. The molecule has 0 atom stereocenters. The molecule has 96 valence electrons. The number of amides is 1. The molecule has 0 aliphatic carbocycles. The van der Waals surface area contributed by atoms with E-state index in [1.54, 1.807) is 11.9 Å². The summed E-state index contributed by atoms with van der Waals surface area (Å²) in [7, 11) is 1.76. The van der Waals surface area contributed by atoms with Gasteiger partial charge in [-0.1, -0.05) is 13.8 Å². The van der Waals surface area contributed by atoms with E-state index in [-0.39, 0.29) is 5.91 Å². The summed E-state index contributed by atoms with van der Waals surface area (Å²) in [6.45, 7) is 4.80. The lowest BCUT2D eigenvalue weighted by Gasteiger charge is -2.32. The Morgan fingerprint density at radius 1 is 1.53 bits per heavy atom. The summed E-state index contributed by atoms with van der Waals surface area (Å²) in [5.41, 5.74) is 5.31. The number of H-pyrrole nitrogens is 1. The summed E-state index contributed by atoms with van der Waals surface area (Å²) in [4.78, 5) is 18.0. The van der Waals surface area contributed by atoms with Gasteiger partial charge in [-0.15, -0.1) is 0 Å². The third-order valence-electron chi connectivity index (χ3n) is 3.40. The molecule has 0 aliphatic heterocycles. The molecule has 0 saturated carbocycles. The number of rotatable bonds is 6. The van der Waals surface area contributed by atoms with Crippen LogP contribution in [-0.2, 0) is 11.3 Å². The van der Waals surface area contributed by atoms with Crippen LogP contribution in [-0.4, -0.2) is 39.6 Å². The maximum Gasteiger partial charge on any atom is 0.230 e. The lowest BCUT2D eigenvalue weighted by atomic mass is 9.81. The first-order chi connectivity index (χ1) is 8.09. The Labute approximate surface area is 102 Å². The van der Waals surface area contributed by atoms with Crippen molar-refractivity contribution in [2.24, 2.45) is 11.1 Å². The van der Waals surface area contributed by atoms with Crippen LogP contribution < -0.4 is 5.73 Å². The highest BCUT2D eigenvalue weighted by molar-refractivity contribution is 5.82. The summed E-state index contributed by atoms with van der Waals surface area (Å²) in [5.74, 6) is 0.750. The van der Waals surface area contributed by atoms with Crippen molar-refractivity contribution in [3.63, 3.8) is 0 Å². The average molecular weight is 239 g/mol. The Hall–Kier alpha value is -1.43. The molecule has 1 aromatic rings. The summed E-state index contributed by atoms with van der Waals surface area (Å²) in [5, 5.41) is 6.50. The van der Waals surface area contributed by atoms with Gasteiger partial charge in [-0.3, -0.25) is 9.89 Å². The molecule has 6 nitrogen and oxygen atoms in total. The molecule has 3 N–H and O–H groups in total. The van der Waals surface area contributed by atoms with Crippen LogP contribution >= 0.6 is 0 Å². The minimum Gasteiger partial charge on any atom is -0.338 e. The molecule has 0 bridgehead atoms. The molecule has 0 aliphatic rings. The molecular formula is C11H21N5O. The molecule has 0 saturated heterocycles. The highest BCUT2D eigenvalue weighted by Gasteiger charge is 2.35. The smallest absolute Gasteiger partial charge is 0.230 e. The third-order valence-corrected chi connectivity index (χ3v) is 3.40. The van der Waals surface area contributed by atoms with Crippen LogP contribution in [0.3, 0.4) is 0 Å². The molecule has 1 heterocycles. The summed E-state index contributed by atoms with van der Waals surface area (Å²) in [6.07, 6.45) is 2.93.